The van der Waals surface area contributed by atoms with E-state index in [9.17, 15) is 13.2 Å². The predicted molar refractivity (Wildman–Crippen MR) is 59.0 cm³/mol. The smallest absolute Gasteiger partial charge is 0.314 e. The minimum Gasteiger partial charge on any atom is -0.314 e. The Morgan fingerprint density at radius 2 is 1.67 bits per heavy atom. The monoisotopic (exact) mass is 266 g/mol. The van der Waals surface area contributed by atoms with Gasteiger partial charge in [-0.15, -0.1) is 31.4 Å². The van der Waals surface area contributed by atoms with Gasteiger partial charge in [0, 0.05) is 26.2 Å². The molecular formula is C8H15Cl2F3N2. The van der Waals surface area contributed by atoms with Crippen LogP contribution in [0.1, 0.15) is 0 Å². The van der Waals surface area contributed by atoms with Crippen LogP contribution < -0.4 is 5.32 Å². The minimum absolute atomic E-state index is 0. The summed E-state index contributed by atoms with van der Waals surface area (Å²) in [4.78, 5) is 1.39. The highest BCUT2D eigenvalue weighted by molar-refractivity contribution is 5.85. The van der Waals surface area contributed by atoms with Crippen molar-refractivity contribution in [3.8, 4) is 0 Å². The molecule has 7 heteroatoms. The molecule has 0 radical (unpaired) electrons. The van der Waals surface area contributed by atoms with Gasteiger partial charge in [0.25, 0.3) is 0 Å². The van der Waals surface area contributed by atoms with E-state index in [-0.39, 0.29) is 24.8 Å². The highest BCUT2D eigenvalue weighted by Crippen LogP contribution is 2.25. The molecule has 1 atom stereocenters. The number of hydrogen-bond acceptors (Lipinski definition) is 2. The quantitative estimate of drug-likeness (QED) is 0.768. The van der Waals surface area contributed by atoms with E-state index in [2.05, 4.69) is 11.9 Å². The first-order chi connectivity index (χ1) is 6.05. The molecule has 0 aromatic rings. The molecule has 0 unspecified atom stereocenters. The van der Waals surface area contributed by atoms with Crippen LogP contribution in [0.4, 0.5) is 13.2 Å². The molecule has 1 N–H and O–H groups in total. The fourth-order valence-corrected chi connectivity index (χ4v) is 1.45. The van der Waals surface area contributed by atoms with E-state index in [1.165, 1.54) is 4.90 Å². The maximum atomic E-state index is 12.4. The third-order valence-corrected chi connectivity index (χ3v) is 2.10. The molecule has 1 aliphatic rings. The summed E-state index contributed by atoms with van der Waals surface area (Å²) >= 11 is 0. The van der Waals surface area contributed by atoms with Crippen LogP contribution in [0.3, 0.4) is 0 Å². The van der Waals surface area contributed by atoms with Crippen molar-refractivity contribution in [1.29, 1.82) is 0 Å². The van der Waals surface area contributed by atoms with Crippen molar-refractivity contribution in [2.24, 2.45) is 0 Å². The first-order valence-electron chi connectivity index (χ1n) is 4.19. The van der Waals surface area contributed by atoms with Crippen LogP contribution in [0, 0.1) is 0 Å². The number of hydrogen-bond donors (Lipinski definition) is 1. The Bertz CT molecular complexity index is 181. The van der Waals surface area contributed by atoms with E-state index in [4.69, 9.17) is 0 Å². The van der Waals surface area contributed by atoms with E-state index in [1.54, 1.807) is 0 Å². The summed E-state index contributed by atoms with van der Waals surface area (Å²) in [6.45, 7) is 5.30. The highest BCUT2D eigenvalue weighted by atomic mass is 35.5. The lowest BCUT2D eigenvalue weighted by molar-refractivity contribution is -0.171. The van der Waals surface area contributed by atoms with Gasteiger partial charge in [0.15, 0.2) is 0 Å². The zero-order valence-electron chi connectivity index (χ0n) is 8.09. The molecule has 0 spiro atoms. The Labute approximate surface area is 99.7 Å². The largest absolute Gasteiger partial charge is 0.407 e. The van der Waals surface area contributed by atoms with Gasteiger partial charge in [-0.3, -0.25) is 4.90 Å². The van der Waals surface area contributed by atoms with Crippen molar-refractivity contribution in [1.82, 2.24) is 10.2 Å². The van der Waals surface area contributed by atoms with Crippen LogP contribution in [0.5, 0.6) is 0 Å². The standard InChI is InChI=1S/C8H13F3N2.2ClH/c1-2-7(8(9,10)11)13-5-3-12-4-6-13;;/h2,7,12H,1,3-6H2;2*1H/t7-;;/m1../s1. The summed E-state index contributed by atoms with van der Waals surface area (Å²) in [7, 11) is 0. The van der Waals surface area contributed by atoms with Crippen molar-refractivity contribution in [2.45, 2.75) is 12.2 Å². The van der Waals surface area contributed by atoms with Gasteiger partial charge in [0.05, 0.1) is 0 Å². The maximum Gasteiger partial charge on any atom is 0.407 e. The molecule has 0 amide bonds. The molecule has 0 aliphatic carbocycles. The Kier molecular flexibility index (Phi) is 8.51. The van der Waals surface area contributed by atoms with Crippen LogP contribution in [0.15, 0.2) is 12.7 Å². The molecule has 0 aromatic heterocycles. The molecule has 0 saturated carbocycles. The molecule has 1 heterocycles. The molecule has 2 nitrogen and oxygen atoms in total. The Morgan fingerprint density at radius 3 is 2.00 bits per heavy atom. The molecular weight excluding hydrogens is 252 g/mol. The second-order valence-electron chi connectivity index (χ2n) is 3.01. The molecule has 0 bridgehead atoms. The first-order valence-corrected chi connectivity index (χ1v) is 4.19. The van der Waals surface area contributed by atoms with Crippen molar-refractivity contribution < 1.29 is 13.2 Å². The predicted octanol–water partition coefficient (Wildman–Crippen LogP) is 1.85. The van der Waals surface area contributed by atoms with Crippen molar-refractivity contribution in [3.63, 3.8) is 0 Å². The van der Waals surface area contributed by atoms with E-state index in [1.807, 2.05) is 0 Å². The number of nitrogens with zero attached hydrogens (tertiary/aromatic N) is 1. The maximum absolute atomic E-state index is 12.4. The average Bonchev–Trinajstić information content (AvgIpc) is 2.05. The van der Waals surface area contributed by atoms with Gasteiger partial charge in [-0.05, 0) is 0 Å². The van der Waals surface area contributed by atoms with Crippen LogP contribution in [0.2, 0.25) is 0 Å². The van der Waals surface area contributed by atoms with E-state index in [0.717, 1.165) is 6.08 Å². The molecule has 1 aliphatic heterocycles. The van der Waals surface area contributed by atoms with Gasteiger partial charge in [-0.1, -0.05) is 6.08 Å². The summed E-state index contributed by atoms with van der Waals surface area (Å²) in [5.74, 6) is 0. The summed E-state index contributed by atoms with van der Waals surface area (Å²) < 4.78 is 37.1. The highest BCUT2D eigenvalue weighted by Gasteiger charge is 2.41. The second kappa shape index (κ2) is 7.33. The van der Waals surface area contributed by atoms with Gasteiger partial charge in [-0.2, -0.15) is 13.2 Å². The van der Waals surface area contributed by atoms with Crippen LogP contribution >= 0.6 is 24.8 Å². The number of rotatable bonds is 2. The van der Waals surface area contributed by atoms with E-state index >= 15 is 0 Å². The van der Waals surface area contributed by atoms with Gasteiger partial charge in [0.2, 0.25) is 0 Å². The van der Waals surface area contributed by atoms with Gasteiger partial charge in [-0.25, -0.2) is 0 Å². The third kappa shape index (κ3) is 5.06. The van der Waals surface area contributed by atoms with Gasteiger partial charge >= 0.3 is 6.18 Å². The van der Waals surface area contributed by atoms with Gasteiger partial charge in [0.1, 0.15) is 6.04 Å². The lowest BCUT2D eigenvalue weighted by Crippen LogP contribution is -2.52. The Morgan fingerprint density at radius 1 is 1.20 bits per heavy atom. The Balaban J connectivity index is 0. The zero-order valence-corrected chi connectivity index (χ0v) is 9.72. The molecule has 0 aromatic carbocycles. The van der Waals surface area contributed by atoms with Crippen LogP contribution in [0.25, 0.3) is 0 Å². The summed E-state index contributed by atoms with van der Waals surface area (Å²) in [6.07, 6.45) is -3.23. The minimum atomic E-state index is -4.20. The lowest BCUT2D eigenvalue weighted by Gasteiger charge is -2.34. The second-order valence-corrected chi connectivity index (χ2v) is 3.01. The van der Waals surface area contributed by atoms with Gasteiger partial charge < -0.3 is 5.32 Å². The third-order valence-electron chi connectivity index (χ3n) is 2.10. The summed E-state index contributed by atoms with van der Waals surface area (Å²) in [5.41, 5.74) is 0. The normalized spacial score (nSPS) is 19.7. The SMILES string of the molecule is C=C[C@@H](N1CCNCC1)C(F)(F)F.Cl.Cl. The van der Waals surface area contributed by atoms with E-state index < -0.39 is 12.2 Å². The average molecular weight is 267 g/mol. The first kappa shape index (κ1) is 17.4. The van der Waals surface area contributed by atoms with Crippen molar-refractivity contribution in [3.05, 3.63) is 12.7 Å². The molecule has 1 fully saturated rings. The fraction of sp³-hybridized carbons (Fsp3) is 0.750. The van der Waals surface area contributed by atoms with Crippen molar-refractivity contribution in [2.75, 3.05) is 26.2 Å². The van der Waals surface area contributed by atoms with Crippen LogP contribution in [-0.4, -0.2) is 43.3 Å². The number of alkyl halides is 3. The van der Waals surface area contributed by atoms with Crippen molar-refractivity contribution >= 4 is 24.8 Å². The zero-order chi connectivity index (χ0) is 9.90. The topological polar surface area (TPSA) is 15.3 Å². The molecule has 15 heavy (non-hydrogen) atoms. The molecule has 92 valence electrons. The fourth-order valence-electron chi connectivity index (χ4n) is 1.45. The van der Waals surface area contributed by atoms with Crippen LogP contribution in [-0.2, 0) is 0 Å². The lowest BCUT2D eigenvalue weighted by atomic mass is 10.2. The molecule has 1 rings (SSSR count). The number of nitrogens with one attached hydrogen (secondary N) is 1. The molecule has 1 saturated heterocycles. The number of halogens is 5. The Hall–Kier alpha value is 0.0300. The summed E-state index contributed by atoms with van der Waals surface area (Å²) in [6, 6.07) is -1.49. The number of piperazine rings is 1. The summed E-state index contributed by atoms with van der Waals surface area (Å²) in [5, 5.41) is 3.00. The van der Waals surface area contributed by atoms with E-state index in [0.29, 0.717) is 26.2 Å².